The third-order valence-corrected chi connectivity index (χ3v) is 5.12. The molecule has 3 rings (SSSR count). The summed E-state index contributed by atoms with van der Waals surface area (Å²) >= 11 is 1.59. The molecule has 2 aromatic carbocycles. The Kier molecular flexibility index (Phi) is 5.93. The van der Waals surface area contributed by atoms with Crippen LogP contribution < -0.4 is 4.74 Å². The number of nitrogens with zero attached hydrogens (tertiary/aromatic N) is 3. The first-order chi connectivity index (χ1) is 12.6. The van der Waals surface area contributed by atoms with E-state index in [4.69, 9.17) is 4.74 Å². The fourth-order valence-electron chi connectivity index (χ4n) is 2.68. The number of halogens is 1. The van der Waals surface area contributed by atoms with E-state index < -0.39 is 0 Å². The highest BCUT2D eigenvalue weighted by Crippen LogP contribution is 2.24. The molecule has 0 amide bonds. The SMILES string of the molecule is CCn1c(COc2ccc(C)cc2C)nnc1SCc1ccc(F)cc1. The lowest BCUT2D eigenvalue weighted by Gasteiger charge is -2.11. The van der Waals surface area contributed by atoms with E-state index in [-0.39, 0.29) is 5.82 Å². The van der Waals surface area contributed by atoms with Crippen molar-refractivity contribution in [1.29, 1.82) is 0 Å². The number of thioether (sulfide) groups is 1. The molecule has 26 heavy (non-hydrogen) atoms. The second kappa shape index (κ2) is 8.36. The smallest absolute Gasteiger partial charge is 0.191 e. The summed E-state index contributed by atoms with van der Waals surface area (Å²) in [5.74, 6) is 2.16. The normalized spacial score (nSPS) is 10.9. The minimum Gasteiger partial charge on any atom is -0.485 e. The molecule has 0 saturated carbocycles. The first-order valence-electron chi connectivity index (χ1n) is 8.56. The third-order valence-electron chi connectivity index (χ3n) is 4.08. The van der Waals surface area contributed by atoms with Crippen LogP contribution in [0, 0.1) is 19.7 Å². The molecule has 0 fully saturated rings. The van der Waals surface area contributed by atoms with E-state index >= 15 is 0 Å². The molecule has 0 aliphatic carbocycles. The molecule has 0 atom stereocenters. The molecule has 0 aliphatic rings. The van der Waals surface area contributed by atoms with Gasteiger partial charge in [-0.25, -0.2) is 4.39 Å². The summed E-state index contributed by atoms with van der Waals surface area (Å²) in [6.45, 7) is 7.31. The predicted octanol–water partition coefficient (Wildman–Crippen LogP) is 4.93. The van der Waals surface area contributed by atoms with Crippen LogP contribution in [0.3, 0.4) is 0 Å². The molecule has 3 aromatic rings. The van der Waals surface area contributed by atoms with Crippen LogP contribution in [0.5, 0.6) is 5.75 Å². The molecular weight excluding hydrogens is 349 g/mol. The zero-order chi connectivity index (χ0) is 18.5. The largest absolute Gasteiger partial charge is 0.485 e. The first kappa shape index (κ1) is 18.5. The van der Waals surface area contributed by atoms with E-state index in [2.05, 4.69) is 34.7 Å². The van der Waals surface area contributed by atoms with Crippen molar-refractivity contribution in [3.63, 3.8) is 0 Å². The van der Waals surface area contributed by atoms with Gasteiger partial charge in [-0.1, -0.05) is 41.6 Å². The van der Waals surface area contributed by atoms with Gasteiger partial charge in [-0.05, 0) is 50.1 Å². The van der Waals surface area contributed by atoms with E-state index in [0.717, 1.165) is 40.2 Å². The van der Waals surface area contributed by atoms with Gasteiger partial charge in [-0.3, -0.25) is 0 Å². The summed E-state index contributed by atoms with van der Waals surface area (Å²) in [6, 6.07) is 12.7. The zero-order valence-electron chi connectivity index (χ0n) is 15.2. The van der Waals surface area contributed by atoms with Crippen molar-refractivity contribution >= 4 is 11.8 Å². The van der Waals surface area contributed by atoms with Crippen LogP contribution in [0.2, 0.25) is 0 Å². The Hall–Kier alpha value is -2.34. The van der Waals surface area contributed by atoms with Gasteiger partial charge in [0, 0.05) is 12.3 Å². The molecule has 4 nitrogen and oxygen atoms in total. The van der Waals surface area contributed by atoms with Crippen molar-refractivity contribution in [3.8, 4) is 5.75 Å². The van der Waals surface area contributed by atoms with Gasteiger partial charge < -0.3 is 9.30 Å². The predicted molar refractivity (Wildman–Crippen MR) is 102 cm³/mol. The maximum atomic E-state index is 13.0. The third kappa shape index (κ3) is 4.43. The number of aromatic nitrogens is 3. The molecular formula is C20H22FN3OS. The second-order valence-corrected chi connectivity index (χ2v) is 7.06. The average Bonchev–Trinajstić information content (AvgIpc) is 3.02. The van der Waals surface area contributed by atoms with Gasteiger partial charge in [0.15, 0.2) is 11.0 Å². The highest BCUT2D eigenvalue weighted by atomic mass is 32.2. The Morgan fingerprint density at radius 1 is 1.08 bits per heavy atom. The molecule has 1 heterocycles. The van der Waals surface area contributed by atoms with Gasteiger partial charge in [0.1, 0.15) is 18.2 Å². The van der Waals surface area contributed by atoms with Crippen LogP contribution in [0.4, 0.5) is 4.39 Å². The summed E-state index contributed by atoms with van der Waals surface area (Å²) in [7, 11) is 0. The molecule has 0 spiro atoms. The summed E-state index contributed by atoms with van der Waals surface area (Å²) in [6.07, 6.45) is 0. The zero-order valence-corrected chi connectivity index (χ0v) is 16.0. The molecule has 0 bridgehead atoms. The Bertz CT molecular complexity index is 877. The summed E-state index contributed by atoms with van der Waals surface area (Å²) in [4.78, 5) is 0. The lowest BCUT2D eigenvalue weighted by molar-refractivity contribution is 0.286. The van der Waals surface area contributed by atoms with Crippen molar-refractivity contribution in [2.75, 3.05) is 0 Å². The molecule has 0 radical (unpaired) electrons. The molecule has 0 aliphatic heterocycles. The highest BCUT2D eigenvalue weighted by molar-refractivity contribution is 7.98. The second-order valence-electron chi connectivity index (χ2n) is 6.12. The van der Waals surface area contributed by atoms with Crippen molar-refractivity contribution in [3.05, 3.63) is 70.8 Å². The number of rotatable bonds is 7. The molecule has 0 N–H and O–H groups in total. The summed E-state index contributed by atoms with van der Waals surface area (Å²) in [5, 5.41) is 9.42. The first-order valence-corrected chi connectivity index (χ1v) is 9.54. The van der Waals surface area contributed by atoms with Gasteiger partial charge in [-0.2, -0.15) is 0 Å². The molecule has 1 aromatic heterocycles. The number of ether oxygens (including phenoxy) is 1. The van der Waals surface area contributed by atoms with Gasteiger partial charge in [0.2, 0.25) is 0 Å². The summed E-state index contributed by atoms with van der Waals surface area (Å²) in [5.41, 5.74) is 3.37. The van der Waals surface area contributed by atoms with Gasteiger partial charge >= 0.3 is 0 Å². The Labute approximate surface area is 157 Å². The fraction of sp³-hybridized carbons (Fsp3) is 0.300. The van der Waals surface area contributed by atoms with Crippen LogP contribution in [-0.2, 0) is 18.9 Å². The minimum absolute atomic E-state index is 0.221. The maximum absolute atomic E-state index is 13.0. The fourth-order valence-corrected chi connectivity index (χ4v) is 3.66. The molecule has 136 valence electrons. The Balaban J connectivity index is 1.66. The Morgan fingerprint density at radius 2 is 1.85 bits per heavy atom. The van der Waals surface area contributed by atoms with Crippen LogP contribution in [0.1, 0.15) is 29.4 Å². The maximum Gasteiger partial charge on any atom is 0.191 e. The Morgan fingerprint density at radius 3 is 2.54 bits per heavy atom. The van der Waals surface area contributed by atoms with E-state index in [9.17, 15) is 4.39 Å². The van der Waals surface area contributed by atoms with Crippen LogP contribution >= 0.6 is 11.8 Å². The van der Waals surface area contributed by atoms with E-state index in [0.29, 0.717) is 6.61 Å². The standard InChI is InChI=1S/C20H22FN3OS/c1-4-24-19(12-25-18-10-5-14(2)11-15(18)3)22-23-20(24)26-13-16-6-8-17(21)9-7-16/h5-11H,4,12-13H2,1-3H3. The topological polar surface area (TPSA) is 39.9 Å². The highest BCUT2D eigenvalue weighted by Gasteiger charge is 2.12. The van der Waals surface area contributed by atoms with Crippen molar-refractivity contribution < 1.29 is 9.13 Å². The van der Waals surface area contributed by atoms with Crippen LogP contribution in [0.25, 0.3) is 0 Å². The van der Waals surface area contributed by atoms with E-state index in [1.54, 1.807) is 23.9 Å². The molecule has 6 heteroatoms. The number of hydrogen-bond acceptors (Lipinski definition) is 4. The minimum atomic E-state index is -0.221. The number of benzene rings is 2. The summed E-state index contributed by atoms with van der Waals surface area (Å²) < 4.78 is 21.0. The van der Waals surface area contributed by atoms with Crippen molar-refractivity contribution in [2.24, 2.45) is 0 Å². The van der Waals surface area contributed by atoms with Gasteiger partial charge in [0.25, 0.3) is 0 Å². The van der Waals surface area contributed by atoms with Gasteiger partial charge in [0.05, 0.1) is 0 Å². The molecule has 0 unspecified atom stereocenters. The van der Waals surface area contributed by atoms with Crippen LogP contribution in [0.15, 0.2) is 47.6 Å². The van der Waals surface area contributed by atoms with E-state index in [1.807, 2.05) is 19.1 Å². The lowest BCUT2D eigenvalue weighted by Crippen LogP contribution is -2.07. The van der Waals surface area contributed by atoms with Crippen molar-refractivity contribution in [2.45, 2.75) is 44.8 Å². The average molecular weight is 371 g/mol. The quantitative estimate of drug-likeness (QED) is 0.553. The van der Waals surface area contributed by atoms with Crippen LogP contribution in [-0.4, -0.2) is 14.8 Å². The number of hydrogen-bond donors (Lipinski definition) is 0. The van der Waals surface area contributed by atoms with Crippen molar-refractivity contribution in [1.82, 2.24) is 14.8 Å². The monoisotopic (exact) mass is 371 g/mol. The molecule has 0 saturated heterocycles. The lowest BCUT2D eigenvalue weighted by atomic mass is 10.1. The van der Waals surface area contributed by atoms with Gasteiger partial charge in [-0.15, -0.1) is 10.2 Å². The van der Waals surface area contributed by atoms with E-state index in [1.165, 1.54) is 17.7 Å². The number of aryl methyl sites for hydroxylation is 2.